The Morgan fingerprint density at radius 2 is 1.96 bits per heavy atom. The fraction of sp³-hybridized carbons (Fsp3) is 0.529. The molecule has 0 aliphatic carbocycles. The summed E-state index contributed by atoms with van der Waals surface area (Å²) < 4.78 is 1.55. The van der Waals surface area contributed by atoms with Crippen molar-refractivity contribution in [1.29, 1.82) is 0 Å². The number of nitrogens with one attached hydrogen (secondary N) is 2. The van der Waals surface area contributed by atoms with E-state index in [0.717, 1.165) is 0 Å². The van der Waals surface area contributed by atoms with Crippen LogP contribution in [0.25, 0.3) is 11.0 Å². The van der Waals surface area contributed by atoms with E-state index in [1.165, 1.54) is 0 Å². The van der Waals surface area contributed by atoms with Crippen LogP contribution in [0.4, 0.5) is 0 Å². The third-order valence-electron chi connectivity index (χ3n) is 4.25. The number of rotatable bonds is 6. The first-order valence-corrected chi connectivity index (χ1v) is 8.18. The number of amides is 1. The van der Waals surface area contributed by atoms with Crippen LogP contribution in [-0.2, 0) is 23.1 Å². The molecule has 1 atom stereocenters. The molecule has 0 aliphatic rings. The van der Waals surface area contributed by atoms with Gasteiger partial charge in [0, 0.05) is 12.7 Å². The van der Waals surface area contributed by atoms with Crippen LogP contribution in [-0.4, -0.2) is 37.8 Å². The van der Waals surface area contributed by atoms with Crippen molar-refractivity contribution in [2.45, 2.75) is 46.6 Å². The second kappa shape index (κ2) is 7.08. The molecule has 8 heteroatoms. The topological polar surface area (TPSA) is 117 Å². The normalized spacial score (nSPS) is 12.6. The van der Waals surface area contributed by atoms with Gasteiger partial charge >= 0.3 is 5.97 Å². The number of hydrogen-bond acceptors (Lipinski definition) is 4. The van der Waals surface area contributed by atoms with Crippen LogP contribution in [0.3, 0.4) is 0 Å². The molecule has 0 saturated carbocycles. The third-order valence-corrected chi connectivity index (χ3v) is 4.25. The van der Waals surface area contributed by atoms with Crippen molar-refractivity contribution >= 4 is 22.9 Å². The lowest BCUT2D eigenvalue weighted by atomic mass is 10.0. The van der Waals surface area contributed by atoms with Gasteiger partial charge in [0.15, 0.2) is 5.65 Å². The van der Waals surface area contributed by atoms with Crippen LogP contribution in [0.1, 0.15) is 37.1 Å². The molecule has 0 radical (unpaired) electrons. The Morgan fingerprint density at radius 1 is 1.32 bits per heavy atom. The first-order chi connectivity index (χ1) is 11.6. The number of carbonyl (C=O) groups is 2. The molecule has 2 heterocycles. The molecule has 0 saturated heterocycles. The Hall–Kier alpha value is -2.64. The van der Waals surface area contributed by atoms with Gasteiger partial charge in [-0.2, -0.15) is 0 Å². The first-order valence-electron chi connectivity index (χ1n) is 8.18. The molecule has 25 heavy (non-hydrogen) atoms. The number of aryl methyl sites for hydroxylation is 3. The van der Waals surface area contributed by atoms with Gasteiger partial charge in [-0.3, -0.25) is 19.4 Å². The molecule has 0 aromatic carbocycles. The predicted molar refractivity (Wildman–Crippen MR) is 93.5 cm³/mol. The van der Waals surface area contributed by atoms with E-state index in [1.807, 2.05) is 13.8 Å². The smallest absolute Gasteiger partial charge is 0.326 e. The summed E-state index contributed by atoms with van der Waals surface area (Å²) in [5, 5.41) is 14.9. The summed E-state index contributed by atoms with van der Waals surface area (Å²) in [7, 11) is 1.70. The molecule has 3 N–H and O–H groups in total. The molecule has 0 unspecified atom stereocenters. The minimum Gasteiger partial charge on any atom is -0.480 e. The molecular weight excluding hydrogens is 324 g/mol. The van der Waals surface area contributed by atoms with E-state index in [9.17, 15) is 19.5 Å². The Bertz CT molecular complexity index is 879. The highest BCUT2D eigenvalue weighted by molar-refractivity contribution is 5.87. The number of hydrogen-bond donors (Lipinski definition) is 3. The van der Waals surface area contributed by atoms with Crippen molar-refractivity contribution in [3.05, 3.63) is 27.2 Å². The van der Waals surface area contributed by atoms with Crippen LogP contribution < -0.4 is 10.9 Å². The average Bonchev–Trinajstić information content (AvgIpc) is 2.76. The number of carboxylic acid groups (broad SMARTS) is 1. The first kappa shape index (κ1) is 18.7. The SMILES string of the molecule is Cc1nc2c(c(C)c1CC(=O)N[C@@H](CC(C)C)C(=O)O)c(=O)[nH]n2C. The quantitative estimate of drug-likeness (QED) is 0.721. The van der Waals surface area contributed by atoms with Crippen LogP contribution in [0.5, 0.6) is 0 Å². The van der Waals surface area contributed by atoms with E-state index in [-0.39, 0.29) is 17.9 Å². The summed E-state index contributed by atoms with van der Waals surface area (Å²) >= 11 is 0. The Morgan fingerprint density at radius 3 is 2.52 bits per heavy atom. The largest absolute Gasteiger partial charge is 0.480 e. The third kappa shape index (κ3) is 3.89. The molecule has 2 aromatic heterocycles. The fourth-order valence-electron chi connectivity index (χ4n) is 3.01. The monoisotopic (exact) mass is 348 g/mol. The molecule has 2 aromatic rings. The van der Waals surface area contributed by atoms with Crippen molar-refractivity contribution in [1.82, 2.24) is 20.1 Å². The van der Waals surface area contributed by atoms with E-state index in [1.54, 1.807) is 25.6 Å². The summed E-state index contributed by atoms with van der Waals surface area (Å²) in [5.74, 6) is -1.30. The van der Waals surface area contributed by atoms with Crippen molar-refractivity contribution in [3.63, 3.8) is 0 Å². The maximum Gasteiger partial charge on any atom is 0.326 e. The van der Waals surface area contributed by atoms with Crippen molar-refractivity contribution in [2.24, 2.45) is 13.0 Å². The molecule has 0 fully saturated rings. The van der Waals surface area contributed by atoms with Gasteiger partial charge in [-0.05, 0) is 37.3 Å². The second-order valence-electron chi connectivity index (χ2n) is 6.76. The number of carboxylic acids is 1. The number of aromatic nitrogens is 3. The van der Waals surface area contributed by atoms with E-state index in [2.05, 4.69) is 15.4 Å². The minimum atomic E-state index is -1.05. The van der Waals surface area contributed by atoms with Crippen LogP contribution in [0.2, 0.25) is 0 Å². The summed E-state index contributed by atoms with van der Waals surface area (Å²) in [6, 6.07) is -0.926. The summed E-state index contributed by atoms with van der Waals surface area (Å²) in [4.78, 5) is 40.1. The van der Waals surface area contributed by atoms with Gasteiger partial charge in [-0.1, -0.05) is 13.8 Å². The van der Waals surface area contributed by atoms with Gasteiger partial charge in [0.2, 0.25) is 5.91 Å². The second-order valence-corrected chi connectivity index (χ2v) is 6.76. The number of pyridine rings is 1. The maximum absolute atomic E-state index is 12.3. The van der Waals surface area contributed by atoms with Gasteiger partial charge in [0.05, 0.1) is 11.8 Å². The van der Waals surface area contributed by atoms with Crippen molar-refractivity contribution in [2.75, 3.05) is 0 Å². The molecule has 0 aliphatic heterocycles. The zero-order valence-corrected chi connectivity index (χ0v) is 15.1. The van der Waals surface area contributed by atoms with E-state index in [4.69, 9.17) is 0 Å². The van der Waals surface area contributed by atoms with Gasteiger partial charge in [0.1, 0.15) is 6.04 Å². The number of carbonyl (C=O) groups excluding carboxylic acids is 1. The van der Waals surface area contributed by atoms with Gasteiger partial charge in [-0.25, -0.2) is 9.78 Å². The minimum absolute atomic E-state index is 0.0170. The van der Waals surface area contributed by atoms with Crippen LogP contribution in [0.15, 0.2) is 4.79 Å². The lowest BCUT2D eigenvalue weighted by Crippen LogP contribution is -2.42. The molecule has 0 spiro atoms. The Kier molecular flexibility index (Phi) is 5.30. The number of fused-ring (bicyclic) bond motifs is 1. The number of H-pyrrole nitrogens is 1. The summed E-state index contributed by atoms with van der Waals surface area (Å²) in [6.07, 6.45) is 0.339. The van der Waals surface area contributed by atoms with Crippen molar-refractivity contribution < 1.29 is 14.7 Å². The fourth-order valence-corrected chi connectivity index (χ4v) is 3.01. The van der Waals surface area contributed by atoms with E-state index >= 15 is 0 Å². The molecule has 2 rings (SSSR count). The van der Waals surface area contributed by atoms with Crippen molar-refractivity contribution in [3.8, 4) is 0 Å². The molecule has 0 bridgehead atoms. The summed E-state index contributed by atoms with van der Waals surface area (Å²) in [5.41, 5.74) is 2.26. The Balaban J connectivity index is 2.30. The van der Waals surface area contributed by atoms with Gasteiger partial charge in [0.25, 0.3) is 5.56 Å². The lowest BCUT2D eigenvalue weighted by Gasteiger charge is -2.17. The van der Waals surface area contributed by atoms with E-state index < -0.39 is 17.9 Å². The van der Waals surface area contributed by atoms with E-state index in [0.29, 0.717) is 34.3 Å². The maximum atomic E-state index is 12.3. The van der Waals surface area contributed by atoms with Crippen LogP contribution >= 0.6 is 0 Å². The molecule has 1 amide bonds. The molecule has 8 nitrogen and oxygen atoms in total. The highest BCUT2D eigenvalue weighted by atomic mass is 16.4. The average molecular weight is 348 g/mol. The predicted octanol–water partition coefficient (Wildman–Crippen LogP) is 1.04. The lowest BCUT2D eigenvalue weighted by molar-refractivity contribution is -0.142. The standard InChI is InChI=1S/C17H24N4O4/c1-8(2)6-12(17(24)25)19-13(22)7-11-9(3)14-15(18-10(11)4)21(5)20-16(14)23/h8,12H,6-7H2,1-5H3,(H,19,22)(H,20,23)(H,24,25)/t12-/m0/s1. The highest BCUT2D eigenvalue weighted by Gasteiger charge is 2.23. The highest BCUT2D eigenvalue weighted by Crippen LogP contribution is 2.20. The van der Waals surface area contributed by atoms with Gasteiger partial charge in [-0.15, -0.1) is 0 Å². The number of aromatic amines is 1. The molecular formula is C17H24N4O4. The summed E-state index contributed by atoms with van der Waals surface area (Å²) in [6.45, 7) is 7.35. The van der Waals surface area contributed by atoms with Crippen LogP contribution in [0, 0.1) is 19.8 Å². The number of nitrogens with zero attached hydrogens (tertiary/aromatic N) is 2. The van der Waals surface area contributed by atoms with Gasteiger partial charge < -0.3 is 10.4 Å². The zero-order chi connectivity index (χ0) is 18.9. The Labute approximate surface area is 145 Å². The number of aliphatic carboxylic acids is 1. The molecule has 136 valence electrons. The zero-order valence-electron chi connectivity index (χ0n) is 15.1.